The van der Waals surface area contributed by atoms with E-state index in [9.17, 15) is 30.0 Å². The zero-order valence-electron chi connectivity index (χ0n) is 19.7. The molecular formula is C26H30N4O6. The summed E-state index contributed by atoms with van der Waals surface area (Å²) in [7, 11) is 0. The molecule has 2 aromatic carbocycles. The van der Waals surface area contributed by atoms with E-state index in [1.807, 2.05) is 0 Å². The molecule has 1 aromatic heterocycles. The van der Waals surface area contributed by atoms with Crippen LogP contribution in [0.4, 0.5) is 0 Å². The lowest BCUT2D eigenvalue weighted by atomic mass is 9.83. The lowest BCUT2D eigenvalue weighted by Gasteiger charge is -2.28. The Morgan fingerprint density at radius 3 is 2.22 bits per heavy atom. The predicted molar refractivity (Wildman–Crippen MR) is 131 cm³/mol. The number of unbranched alkanes of at least 4 members (excludes halogenated alkanes) is 1. The van der Waals surface area contributed by atoms with Crippen molar-refractivity contribution in [3.8, 4) is 0 Å². The Bertz CT molecular complexity index is 1270. The van der Waals surface area contributed by atoms with E-state index in [-0.39, 0.29) is 24.8 Å². The molecule has 2 aliphatic rings. The van der Waals surface area contributed by atoms with Crippen LogP contribution in [0.1, 0.15) is 50.5 Å². The van der Waals surface area contributed by atoms with Crippen LogP contribution < -0.4 is 5.32 Å². The highest BCUT2D eigenvalue weighted by Crippen LogP contribution is 2.31. The van der Waals surface area contributed by atoms with Crippen LogP contribution in [-0.2, 0) is 6.54 Å². The van der Waals surface area contributed by atoms with Crippen molar-refractivity contribution >= 4 is 22.6 Å². The summed E-state index contributed by atoms with van der Waals surface area (Å²) in [4.78, 5) is 35.7. The SMILES string of the molecule is O=C1c2ccccc2C(=O)c2c1ccc1[nH]c(CNCCCCN3[C@@H](CO)[C@@H](O)[C@H](O)[C@@H]3CO)nc21. The minimum atomic E-state index is -1.08. The van der Waals surface area contributed by atoms with Crippen LogP contribution in [0.5, 0.6) is 0 Å². The number of hydrogen-bond donors (Lipinski definition) is 6. The third kappa shape index (κ3) is 4.15. The molecule has 3 aromatic rings. The molecule has 1 aliphatic carbocycles. The minimum absolute atomic E-state index is 0.172. The number of benzene rings is 2. The summed E-state index contributed by atoms with van der Waals surface area (Å²) in [6.45, 7) is 1.07. The van der Waals surface area contributed by atoms with Crippen molar-refractivity contribution in [3.63, 3.8) is 0 Å². The number of nitrogens with one attached hydrogen (secondary N) is 2. The molecule has 10 nitrogen and oxygen atoms in total. The highest BCUT2D eigenvalue weighted by atomic mass is 16.3. The molecule has 36 heavy (non-hydrogen) atoms. The molecule has 0 amide bonds. The Hall–Kier alpha value is -2.99. The number of imidazole rings is 1. The number of carbonyl (C=O) groups excluding carboxylic acids is 2. The van der Waals surface area contributed by atoms with Crippen LogP contribution in [0.25, 0.3) is 11.0 Å². The molecule has 6 N–H and O–H groups in total. The summed E-state index contributed by atoms with van der Waals surface area (Å²) in [5.41, 5.74) is 2.72. The number of aromatic nitrogens is 2. The molecule has 0 saturated carbocycles. The van der Waals surface area contributed by atoms with Gasteiger partial charge in [0.2, 0.25) is 0 Å². The fourth-order valence-corrected chi connectivity index (χ4v) is 5.39. The minimum Gasteiger partial charge on any atom is -0.395 e. The average Bonchev–Trinajstić information content (AvgIpc) is 3.41. The molecule has 0 radical (unpaired) electrons. The fourth-order valence-electron chi connectivity index (χ4n) is 5.39. The van der Waals surface area contributed by atoms with Gasteiger partial charge in [0, 0.05) is 16.7 Å². The summed E-state index contributed by atoms with van der Waals surface area (Å²) in [6.07, 6.45) is -0.638. The quantitative estimate of drug-likeness (QED) is 0.176. The van der Waals surface area contributed by atoms with Gasteiger partial charge in [-0.1, -0.05) is 24.3 Å². The first-order chi connectivity index (χ1) is 17.5. The Balaban J connectivity index is 1.19. The second-order valence-corrected chi connectivity index (χ2v) is 9.37. The van der Waals surface area contributed by atoms with Gasteiger partial charge in [0.1, 0.15) is 11.3 Å². The highest BCUT2D eigenvalue weighted by Gasteiger charge is 2.46. The van der Waals surface area contributed by atoms with Crippen molar-refractivity contribution < 1.29 is 30.0 Å². The molecule has 5 rings (SSSR count). The monoisotopic (exact) mass is 494 g/mol. The van der Waals surface area contributed by atoms with E-state index in [1.165, 1.54) is 0 Å². The summed E-state index contributed by atoms with van der Waals surface area (Å²) < 4.78 is 0. The van der Waals surface area contributed by atoms with Gasteiger partial charge in [0.15, 0.2) is 11.6 Å². The second kappa shape index (κ2) is 10.2. The topological polar surface area (TPSA) is 159 Å². The molecule has 0 bridgehead atoms. The van der Waals surface area contributed by atoms with Crippen molar-refractivity contribution in [1.82, 2.24) is 20.2 Å². The zero-order chi connectivity index (χ0) is 25.4. The molecular weight excluding hydrogens is 464 g/mol. The van der Waals surface area contributed by atoms with Crippen molar-refractivity contribution in [2.75, 3.05) is 26.3 Å². The number of ketones is 2. The number of aliphatic hydroxyl groups excluding tert-OH is 4. The number of aromatic amines is 1. The normalized spacial score (nSPS) is 23.9. The first kappa shape index (κ1) is 24.7. The van der Waals surface area contributed by atoms with Crippen molar-refractivity contribution in [1.29, 1.82) is 0 Å². The van der Waals surface area contributed by atoms with Gasteiger partial charge in [-0.2, -0.15) is 0 Å². The second-order valence-electron chi connectivity index (χ2n) is 9.37. The van der Waals surface area contributed by atoms with Gasteiger partial charge >= 0.3 is 0 Å². The maximum Gasteiger partial charge on any atom is 0.196 e. The van der Waals surface area contributed by atoms with Crippen LogP contribution in [0.2, 0.25) is 0 Å². The Morgan fingerprint density at radius 2 is 1.56 bits per heavy atom. The smallest absolute Gasteiger partial charge is 0.196 e. The van der Waals surface area contributed by atoms with E-state index in [2.05, 4.69) is 15.3 Å². The van der Waals surface area contributed by atoms with E-state index in [4.69, 9.17) is 0 Å². The summed E-state index contributed by atoms with van der Waals surface area (Å²) >= 11 is 0. The average molecular weight is 495 g/mol. The van der Waals surface area contributed by atoms with E-state index in [0.29, 0.717) is 58.7 Å². The van der Waals surface area contributed by atoms with Gasteiger partial charge in [-0.15, -0.1) is 0 Å². The fraction of sp³-hybridized carbons (Fsp3) is 0.423. The van der Waals surface area contributed by atoms with E-state index in [1.54, 1.807) is 41.3 Å². The zero-order valence-corrected chi connectivity index (χ0v) is 19.7. The summed E-state index contributed by atoms with van der Waals surface area (Å²) in [5, 5.41) is 42.6. The number of fused-ring (bicyclic) bond motifs is 4. The van der Waals surface area contributed by atoms with Gasteiger partial charge in [-0.05, 0) is 38.1 Å². The van der Waals surface area contributed by atoms with Crippen LogP contribution >= 0.6 is 0 Å². The van der Waals surface area contributed by atoms with Crippen LogP contribution in [-0.4, -0.2) is 97.5 Å². The Labute approximate surface area is 207 Å². The van der Waals surface area contributed by atoms with E-state index < -0.39 is 24.3 Å². The number of carbonyl (C=O) groups is 2. The van der Waals surface area contributed by atoms with Crippen LogP contribution in [0.15, 0.2) is 36.4 Å². The van der Waals surface area contributed by atoms with Gasteiger partial charge < -0.3 is 30.7 Å². The molecule has 0 spiro atoms. The number of hydrogen-bond acceptors (Lipinski definition) is 9. The van der Waals surface area contributed by atoms with Crippen LogP contribution in [0, 0.1) is 0 Å². The lowest BCUT2D eigenvalue weighted by molar-refractivity contribution is 0.0130. The molecule has 1 aliphatic heterocycles. The van der Waals surface area contributed by atoms with Gasteiger partial charge in [0.25, 0.3) is 0 Å². The highest BCUT2D eigenvalue weighted by molar-refractivity contribution is 6.31. The van der Waals surface area contributed by atoms with Gasteiger partial charge in [-0.25, -0.2) is 4.98 Å². The first-order valence-electron chi connectivity index (χ1n) is 12.2. The van der Waals surface area contributed by atoms with Crippen molar-refractivity contribution in [3.05, 3.63) is 64.5 Å². The molecule has 10 heteroatoms. The lowest BCUT2D eigenvalue weighted by Crippen LogP contribution is -2.43. The number of aliphatic hydroxyl groups is 4. The molecule has 1 saturated heterocycles. The third-order valence-corrected chi connectivity index (χ3v) is 7.27. The third-order valence-electron chi connectivity index (χ3n) is 7.27. The molecule has 0 unspecified atom stereocenters. The van der Waals surface area contributed by atoms with Gasteiger partial charge in [0.05, 0.1) is 55.1 Å². The van der Waals surface area contributed by atoms with Crippen LogP contribution in [0.3, 0.4) is 0 Å². The number of rotatable bonds is 9. The summed E-state index contributed by atoms with van der Waals surface area (Å²) in [6, 6.07) is 9.11. The summed E-state index contributed by atoms with van der Waals surface area (Å²) in [5.74, 6) is 0.287. The maximum absolute atomic E-state index is 13.2. The van der Waals surface area contributed by atoms with Gasteiger partial charge in [-0.3, -0.25) is 14.5 Å². The molecule has 1 fully saturated rings. The molecule has 2 heterocycles. The van der Waals surface area contributed by atoms with E-state index in [0.717, 1.165) is 12.8 Å². The largest absolute Gasteiger partial charge is 0.395 e. The Morgan fingerprint density at radius 1 is 0.889 bits per heavy atom. The maximum atomic E-state index is 13.2. The number of H-pyrrole nitrogens is 1. The number of likely N-dealkylation sites (tertiary alicyclic amines) is 1. The molecule has 190 valence electrons. The first-order valence-corrected chi connectivity index (χ1v) is 12.2. The predicted octanol–water partition coefficient (Wildman–Crippen LogP) is -0.0327. The Kier molecular flexibility index (Phi) is 6.98. The van der Waals surface area contributed by atoms with Crippen molar-refractivity contribution in [2.45, 2.75) is 43.7 Å². The van der Waals surface area contributed by atoms with E-state index >= 15 is 0 Å². The van der Waals surface area contributed by atoms with Crippen molar-refractivity contribution in [2.24, 2.45) is 0 Å². The number of nitrogens with zero attached hydrogens (tertiary/aromatic N) is 2. The standard InChI is InChI=1S/C26H30N4O6/c31-12-18-25(35)26(36)19(13-32)30(18)10-4-3-9-27-11-20-28-17-8-7-16-21(22(17)29-20)24(34)15-6-2-1-5-14(15)23(16)33/h1-2,5-8,18-19,25-27,31-32,35-36H,3-4,9-13H2,(H,28,29)/t18-,19-,25+,26+/m0/s1. The molecule has 4 atom stereocenters.